The van der Waals surface area contributed by atoms with Crippen LogP contribution in [0.5, 0.6) is 0 Å². The Morgan fingerprint density at radius 1 is 1.50 bits per heavy atom. The molecule has 0 radical (unpaired) electrons. The fourth-order valence-electron chi connectivity index (χ4n) is 2.74. The number of carbonyl (C=O) groups is 2. The van der Waals surface area contributed by atoms with Crippen LogP contribution < -0.4 is 15.9 Å². The molecule has 128 valence electrons. The number of ether oxygens (including phenoxy) is 1. The number of oxazole rings is 1. The lowest BCUT2D eigenvalue weighted by atomic mass is 10.2. The Morgan fingerprint density at radius 2 is 2.25 bits per heavy atom. The number of hydrogen-bond donors (Lipinski definition) is 1. The van der Waals surface area contributed by atoms with Crippen LogP contribution >= 0.6 is 0 Å². The molecule has 1 aromatic heterocycles. The fraction of sp³-hybridized carbons (Fsp3) is 0.400. The van der Waals surface area contributed by atoms with E-state index in [0.29, 0.717) is 6.54 Å². The van der Waals surface area contributed by atoms with Crippen molar-refractivity contribution in [3.63, 3.8) is 0 Å². The zero-order valence-electron chi connectivity index (χ0n) is 13.5. The van der Waals surface area contributed by atoms with Crippen LogP contribution in [0.2, 0.25) is 0 Å². The lowest BCUT2D eigenvalue weighted by Gasteiger charge is -2.13. The maximum Gasteiger partial charge on any atom is 0.415 e. The molecule has 1 saturated heterocycles. The third-order valence-corrected chi connectivity index (χ3v) is 3.89. The van der Waals surface area contributed by atoms with Gasteiger partial charge in [0.25, 0.3) is 11.6 Å². The number of fused-ring (bicyclic) bond motifs is 1. The molecular formula is C15H17FN4O4. The molecule has 0 bridgehead atoms. The lowest BCUT2D eigenvalue weighted by molar-refractivity contribution is -0.127. The number of anilines is 1. The highest BCUT2D eigenvalue weighted by atomic mass is 19.1. The molecular weight excluding hydrogens is 319 g/mol. The van der Waals surface area contributed by atoms with Gasteiger partial charge in [-0.1, -0.05) is 0 Å². The average Bonchev–Trinajstić information content (AvgIpc) is 3.14. The molecule has 0 saturated carbocycles. The lowest BCUT2D eigenvalue weighted by Crippen LogP contribution is -2.35. The van der Waals surface area contributed by atoms with E-state index >= 15 is 0 Å². The molecule has 0 aliphatic carbocycles. The molecule has 9 heteroatoms. The third kappa shape index (κ3) is 2.41. The van der Waals surface area contributed by atoms with Crippen molar-refractivity contribution in [2.24, 2.45) is 4.99 Å². The molecule has 3 rings (SSSR count). The quantitative estimate of drug-likeness (QED) is 0.905. The zero-order chi connectivity index (χ0) is 17.4. The van der Waals surface area contributed by atoms with Crippen LogP contribution in [-0.2, 0) is 16.1 Å². The number of hydrogen-bond acceptors (Lipinski definition) is 5. The van der Waals surface area contributed by atoms with Gasteiger partial charge >= 0.3 is 6.09 Å². The molecule has 0 spiro atoms. The largest absolute Gasteiger partial charge is 0.434 e. The second kappa shape index (κ2) is 5.99. The number of nitrogens with zero attached hydrogens (tertiary/aromatic N) is 3. The monoisotopic (exact) mass is 336 g/mol. The van der Waals surface area contributed by atoms with Crippen LogP contribution in [0.4, 0.5) is 14.9 Å². The van der Waals surface area contributed by atoms with Crippen molar-refractivity contribution in [3.05, 3.63) is 23.6 Å². The van der Waals surface area contributed by atoms with Gasteiger partial charge in [0.2, 0.25) is 0 Å². The number of benzene rings is 1. The van der Waals surface area contributed by atoms with E-state index in [1.807, 2.05) is 6.92 Å². The Kier molecular flexibility index (Phi) is 4.00. The van der Waals surface area contributed by atoms with Crippen molar-refractivity contribution in [3.8, 4) is 0 Å². The molecule has 2 heterocycles. The van der Waals surface area contributed by atoms with E-state index in [4.69, 9.17) is 9.15 Å². The SMILES string of the molecule is CCn1/c(=N\C)oc2cc(N3C[C@H](C(=O)NC)OC3=O)cc(F)c21. The molecule has 1 aromatic carbocycles. The van der Waals surface area contributed by atoms with Crippen LogP contribution in [0.25, 0.3) is 11.1 Å². The second-order valence-corrected chi connectivity index (χ2v) is 5.22. The molecule has 24 heavy (non-hydrogen) atoms. The van der Waals surface area contributed by atoms with E-state index in [1.54, 1.807) is 11.6 Å². The van der Waals surface area contributed by atoms with Crippen molar-refractivity contribution in [2.45, 2.75) is 19.6 Å². The molecule has 1 atom stereocenters. The number of halogens is 1. The maximum atomic E-state index is 14.6. The normalized spacial score (nSPS) is 18.3. The molecule has 0 unspecified atom stereocenters. The number of amides is 2. The van der Waals surface area contributed by atoms with Crippen molar-refractivity contribution >= 4 is 28.8 Å². The predicted octanol–water partition coefficient (Wildman–Crippen LogP) is 0.995. The number of likely N-dealkylation sites (N-methyl/N-ethyl adjacent to an activating group) is 1. The number of aromatic nitrogens is 1. The van der Waals surface area contributed by atoms with Crippen molar-refractivity contribution in [1.29, 1.82) is 0 Å². The first-order valence-electron chi connectivity index (χ1n) is 7.45. The van der Waals surface area contributed by atoms with Crippen LogP contribution in [0, 0.1) is 5.82 Å². The summed E-state index contributed by atoms with van der Waals surface area (Å²) in [5, 5.41) is 2.42. The van der Waals surface area contributed by atoms with E-state index in [2.05, 4.69) is 10.3 Å². The fourth-order valence-corrected chi connectivity index (χ4v) is 2.74. The second-order valence-electron chi connectivity index (χ2n) is 5.22. The highest BCUT2D eigenvalue weighted by Gasteiger charge is 2.37. The highest BCUT2D eigenvalue weighted by Crippen LogP contribution is 2.28. The van der Waals surface area contributed by atoms with Crippen molar-refractivity contribution in [2.75, 3.05) is 25.5 Å². The summed E-state index contributed by atoms with van der Waals surface area (Å²) in [6, 6.07) is 2.75. The Morgan fingerprint density at radius 3 is 2.88 bits per heavy atom. The molecule has 1 N–H and O–H groups in total. The first-order valence-corrected chi connectivity index (χ1v) is 7.45. The number of cyclic esters (lactones) is 1. The highest BCUT2D eigenvalue weighted by molar-refractivity contribution is 5.96. The van der Waals surface area contributed by atoms with Gasteiger partial charge in [0.05, 0.1) is 12.2 Å². The minimum Gasteiger partial charge on any atom is -0.434 e. The summed E-state index contributed by atoms with van der Waals surface area (Å²) in [7, 11) is 3.00. The van der Waals surface area contributed by atoms with Gasteiger partial charge in [-0.05, 0) is 6.92 Å². The van der Waals surface area contributed by atoms with Gasteiger partial charge < -0.3 is 14.5 Å². The molecule has 1 aliphatic rings. The zero-order valence-corrected chi connectivity index (χ0v) is 13.5. The molecule has 1 fully saturated rings. The number of carbonyl (C=O) groups excluding carboxylic acids is 2. The standard InChI is InChI=1S/C15H17FN4O4/c1-4-19-12-9(16)5-8(6-10(12)23-14(19)18-3)20-7-11(13(21)17-2)24-15(20)22/h5-6,11H,4,7H2,1-3H3,(H,17,21)/b18-14+/t11-/m1/s1. The summed E-state index contributed by atoms with van der Waals surface area (Å²) in [6.07, 6.45) is -1.64. The van der Waals surface area contributed by atoms with E-state index in [9.17, 15) is 14.0 Å². The van der Waals surface area contributed by atoms with Gasteiger partial charge in [-0.25, -0.2) is 14.2 Å². The summed E-state index contributed by atoms with van der Waals surface area (Å²) < 4.78 is 26.7. The first kappa shape index (κ1) is 16.0. The molecule has 8 nitrogen and oxygen atoms in total. The van der Waals surface area contributed by atoms with Gasteiger partial charge in [-0.2, -0.15) is 0 Å². The van der Waals surface area contributed by atoms with E-state index in [-0.39, 0.29) is 29.0 Å². The van der Waals surface area contributed by atoms with Gasteiger partial charge in [-0.15, -0.1) is 0 Å². The Bertz CT molecular complexity index is 885. The number of aryl methyl sites for hydroxylation is 1. The Labute approximate surface area is 136 Å². The Balaban J connectivity index is 2.06. The van der Waals surface area contributed by atoms with E-state index in [0.717, 1.165) is 0 Å². The van der Waals surface area contributed by atoms with Crippen LogP contribution in [0.3, 0.4) is 0 Å². The van der Waals surface area contributed by atoms with Crippen LogP contribution in [0.15, 0.2) is 21.5 Å². The average molecular weight is 336 g/mol. The summed E-state index contributed by atoms with van der Waals surface area (Å²) in [6.45, 7) is 2.34. The maximum absolute atomic E-state index is 14.6. The summed E-state index contributed by atoms with van der Waals surface area (Å²) >= 11 is 0. The van der Waals surface area contributed by atoms with Crippen molar-refractivity contribution < 1.29 is 23.1 Å². The van der Waals surface area contributed by atoms with E-state index in [1.165, 1.54) is 24.1 Å². The van der Waals surface area contributed by atoms with Gasteiger partial charge in [0.15, 0.2) is 17.5 Å². The van der Waals surface area contributed by atoms with Gasteiger partial charge in [-0.3, -0.25) is 14.3 Å². The Hall–Kier alpha value is -2.84. The minimum atomic E-state index is -0.931. The number of nitrogens with one attached hydrogen (secondary N) is 1. The summed E-state index contributed by atoms with van der Waals surface area (Å²) in [5.74, 6) is -0.958. The summed E-state index contributed by atoms with van der Waals surface area (Å²) in [4.78, 5) is 28.8. The summed E-state index contributed by atoms with van der Waals surface area (Å²) in [5.41, 5.74) is 1.09. The smallest absolute Gasteiger partial charge is 0.415 e. The topological polar surface area (TPSA) is 89.1 Å². The molecule has 2 amide bonds. The van der Waals surface area contributed by atoms with E-state index < -0.39 is 23.9 Å². The minimum absolute atomic E-state index is 0.00293. The van der Waals surface area contributed by atoms with Gasteiger partial charge in [0.1, 0.15) is 5.52 Å². The molecule has 1 aliphatic heterocycles. The third-order valence-electron chi connectivity index (χ3n) is 3.89. The first-order chi connectivity index (χ1) is 11.5. The van der Waals surface area contributed by atoms with Crippen LogP contribution in [0.1, 0.15) is 6.92 Å². The van der Waals surface area contributed by atoms with Crippen LogP contribution in [-0.4, -0.2) is 43.3 Å². The van der Waals surface area contributed by atoms with Gasteiger partial charge in [0, 0.05) is 32.8 Å². The predicted molar refractivity (Wildman–Crippen MR) is 83.0 cm³/mol. The number of rotatable bonds is 3. The molecule has 2 aromatic rings. The van der Waals surface area contributed by atoms with Crippen molar-refractivity contribution in [1.82, 2.24) is 9.88 Å².